The highest BCUT2D eigenvalue weighted by molar-refractivity contribution is 5.76. The number of aromatic nitrogens is 1. The van der Waals surface area contributed by atoms with E-state index in [-0.39, 0.29) is 5.91 Å². The number of pyridine rings is 1. The molecule has 1 aromatic heterocycles. The third-order valence-corrected chi connectivity index (χ3v) is 4.10. The van der Waals surface area contributed by atoms with Gasteiger partial charge in [-0.15, -0.1) is 0 Å². The number of amides is 1. The summed E-state index contributed by atoms with van der Waals surface area (Å²) < 4.78 is 5.82. The fraction of sp³-hybridized carbons (Fsp3) is 0.300. The maximum absolute atomic E-state index is 12.1. The minimum atomic E-state index is 0.0735. The number of hydrogen-bond donors (Lipinski definition) is 1. The van der Waals surface area contributed by atoms with E-state index in [2.05, 4.69) is 22.5 Å². The van der Waals surface area contributed by atoms with E-state index in [1.54, 1.807) is 6.20 Å². The molecule has 24 heavy (non-hydrogen) atoms. The Balaban J connectivity index is 1.53. The molecule has 4 heteroatoms. The number of carbonyl (C=O) groups is 1. The van der Waals surface area contributed by atoms with Gasteiger partial charge in [-0.3, -0.25) is 4.79 Å². The second kappa shape index (κ2) is 8.29. The largest absolute Gasteiger partial charge is 0.473 e. The highest BCUT2D eigenvalue weighted by Gasteiger charge is 2.14. The van der Waals surface area contributed by atoms with E-state index in [9.17, 15) is 4.79 Å². The number of hydrogen-bond acceptors (Lipinski definition) is 3. The summed E-state index contributed by atoms with van der Waals surface area (Å²) >= 11 is 0. The Kier molecular flexibility index (Phi) is 5.61. The van der Waals surface area contributed by atoms with E-state index in [1.165, 1.54) is 0 Å². The fourth-order valence-corrected chi connectivity index (χ4v) is 2.78. The lowest BCUT2D eigenvalue weighted by Gasteiger charge is -2.12. The first-order valence-corrected chi connectivity index (χ1v) is 8.35. The van der Waals surface area contributed by atoms with E-state index in [0.29, 0.717) is 31.4 Å². The first-order valence-electron chi connectivity index (χ1n) is 8.35. The molecule has 3 rings (SSSR count). The molecule has 1 atom stereocenters. The van der Waals surface area contributed by atoms with Crippen molar-refractivity contribution in [3.63, 3.8) is 0 Å². The van der Waals surface area contributed by atoms with E-state index in [0.717, 1.165) is 24.0 Å². The van der Waals surface area contributed by atoms with Crippen molar-refractivity contribution in [1.82, 2.24) is 10.3 Å². The lowest BCUT2D eigenvalue weighted by atomic mass is 10.1. The van der Waals surface area contributed by atoms with Gasteiger partial charge in [-0.1, -0.05) is 48.6 Å². The molecule has 0 radical (unpaired) electrons. The second-order valence-electron chi connectivity index (χ2n) is 5.99. The SMILES string of the molecule is O=C(C[C@@H]1C=CCC1)NCc1cccnc1OCc1ccccc1. The van der Waals surface area contributed by atoms with Gasteiger partial charge in [-0.05, 0) is 30.4 Å². The summed E-state index contributed by atoms with van der Waals surface area (Å²) in [6.07, 6.45) is 8.70. The Labute approximate surface area is 142 Å². The molecule has 0 fully saturated rings. The minimum Gasteiger partial charge on any atom is -0.473 e. The molecule has 0 aliphatic heterocycles. The van der Waals surface area contributed by atoms with Crippen LogP contribution in [0, 0.1) is 5.92 Å². The van der Waals surface area contributed by atoms with Crippen molar-refractivity contribution in [3.8, 4) is 5.88 Å². The van der Waals surface area contributed by atoms with Crippen LogP contribution in [0.4, 0.5) is 0 Å². The Morgan fingerprint density at radius 3 is 2.88 bits per heavy atom. The molecule has 1 aliphatic carbocycles. The topological polar surface area (TPSA) is 51.2 Å². The predicted octanol–water partition coefficient (Wildman–Crippen LogP) is 3.63. The number of carbonyl (C=O) groups excluding carboxylic acids is 1. The molecule has 0 saturated heterocycles. The zero-order valence-electron chi connectivity index (χ0n) is 13.7. The molecule has 124 valence electrons. The molecular formula is C20H22N2O2. The van der Waals surface area contributed by atoms with Crippen LogP contribution >= 0.6 is 0 Å². The molecule has 1 N–H and O–H groups in total. The molecule has 1 aliphatic rings. The van der Waals surface area contributed by atoms with Crippen molar-refractivity contribution < 1.29 is 9.53 Å². The maximum atomic E-state index is 12.1. The highest BCUT2D eigenvalue weighted by Crippen LogP contribution is 2.20. The maximum Gasteiger partial charge on any atom is 0.220 e. The van der Waals surface area contributed by atoms with Gasteiger partial charge in [-0.2, -0.15) is 0 Å². The molecule has 2 aromatic rings. The molecule has 1 amide bonds. The van der Waals surface area contributed by atoms with E-state index < -0.39 is 0 Å². The van der Waals surface area contributed by atoms with E-state index >= 15 is 0 Å². The van der Waals surface area contributed by atoms with E-state index in [1.807, 2.05) is 42.5 Å². The van der Waals surface area contributed by atoms with Gasteiger partial charge in [0.2, 0.25) is 11.8 Å². The van der Waals surface area contributed by atoms with Crippen molar-refractivity contribution >= 4 is 5.91 Å². The zero-order valence-corrected chi connectivity index (χ0v) is 13.7. The van der Waals surface area contributed by atoms with Crippen LogP contribution in [0.15, 0.2) is 60.8 Å². The van der Waals surface area contributed by atoms with Crippen molar-refractivity contribution in [2.24, 2.45) is 5.92 Å². The average Bonchev–Trinajstić information content (AvgIpc) is 3.13. The zero-order chi connectivity index (χ0) is 16.6. The smallest absolute Gasteiger partial charge is 0.220 e. The molecule has 0 unspecified atom stereocenters. The van der Waals surface area contributed by atoms with Crippen molar-refractivity contribution in [3.05, 3.63) is 71.9 Å². The number of benzene rings is 1. The van der Waals surface area contributed by atoms with Crippen LogP contribution in [0.1, 0.15) is 30.4 Å². The Morgan fingerprint density at radius 1 is 1.21 bits per heavy atom. The first-order chi connectivity index (χ1) is 11.8. The second-order valence-corrected chi connectivity index (χ2v) is 5.99. The molecule has 0 spiro atoms. The van der Waals surface area contributed by atoms with Gasteiger partial charge >= 0.3 is 0 Å². The lowest BCUT2D eigenvalue weighted by Crippen LogP contribution is -2.24. The van der Waals surface area contributed by atoms with Gasteiger partial charge in [-0.25, -0.2) is 4.98 Å². The standard InChI is InChI=1S/C20H22N2O2/c23-19(13-16-7-4-5-8-16)22-14-18-11-6-12-21-20(18)24-15-17-9-2-1-3-10-17/h1-4,6-7,9-12,16H,5,8,13-15H2,(H,22,23)/t16-/m1/s1. The summed E-state index contributed by atoms with van der Waals surface area (Å²) in [5, 5.41) is 2.97. The minimum absolute atomic E-state index is 0.0735. The van der Waals surface area contributed by atoms with Gasteiger partial charge < -0.3 is 10.1 Å². The first kappa shape index (κ1) is 16.2. The summed E-state index contributed by atoms with van der Waals surface area (Å²) in [7, 11) is 0. The van der Waals surface area contributed by atoms with Crippen molar-refractivity contribution in [2.45, 2.75) is 32.4 Å². The number of nitrogens with zero attached hydrogens (tertiary/aromatic N) is 1. The molecule has 0 saturated carbocycles. The highest BCUT2D eigenvalue weighted by atomic mass is 16.5. The third kappa shape index (κ3) is 4.69. The van der Waals surface area contributed by atoms with Gasteiger partial charge in [0.15, 0.2) is 0 Å². The van der Waals surface area contributed by atoms with Crippen LogP contribution < -0.4 is 10.1 Å². The monoisotopic (exact) mass is 322 g/mol. The average molecular weight is 322 g/mol. The number of rotatable bonds is 7. The molecule has 1 heterocycles. The van der Waals surface area contributed by atoms with Gasteiger partial charge in [0.1, 0.15) is 6.61 Å². The van der Waals surface area contributed by atoms with Crippen LogP contribution in [0.25, 0.3) is 0 Å². The Hall–Kier alpha value is -2.62. The van der Waals surface area contributed by atoms with Crippen LogP contribution in [0.3, 0.4) is 0 Å². The lowest BCUT2D eigenvalue weighted by molar-refractivity contribution is -0.121. The summed E-state index contributed by atoms with van der Waals surface area (Å²) in [6, 6.07) is 13.8. The Morgan fingerprint density at radius 2 is 2.08 bits per heavy atom. The Bertz CT molecular complexity index is 698. The van der Waals surface area contributed by atoms with Crippen molar-refractivity contribution in [1.29, 1.82) is 0 Å². The molecule has 4 nitrogen and oxygen atoms in total. The summed E-state index contributed by atoms with van der Waals surface area (Å²) in [5.41, 5.74) is 1.98. The number of ether oxygens (including phenoxy) is 1. The number of nitrogens with one attached hydrogen (secondary N) is 1. The van der Waals surface area contributed by atoms with Crippen LogP contribution in [0.2, 0.25) is 0 Å². The summed E-state index contributed by atoms with van der Waals surface area (Å²) in [6.45, 7) is 0.902. The predicted molar refractivity (Wildman–Crippen MR) is 93.3 cm³/mol. The molecule has 0 bridgehead atoms. The third-order valence-electron chi connectivity index (χ3n) is 4.10. The van der Waals surface area contributed by atoms with Crippen molar-refractivity contribution in [2.75, 3.05) is 0 Å². The summed E-state index contributed by atoms with van der Waals surface area (Å²) in [5.74, 6) is 1.03. The molecular weight excluding hydrogens is 300 g/mol. The normalized spacial score (nSPS) is 16.1. The fourth-order valence-electron chi connectivity index (χ4n) is 2.78. The number of allylic oxidation sites excluding steroid dienone is 2. The van der Waals surface area contributed by atoms with Gasteiger partial charge in [0, 0.05) is 24.7 Å². The van der Waals surface area contributed by atoms with Crippen LogP contribution in [-0.2, 0) is 17.9 Å². The van der Waals surface area contributed by atoms with Gasteiger partial charge in [0.05, 0.1) is 0 Å². The van der Waals surface area contributed by atoms with Gasteiger partial charge in [0.25, 0.3) is 0 Å². The summed E-state index contributed by atoms with van der Waals surface area (Å²) in [4.78, 5) is 16.3. The quantitative estimate of drug-likeness (QED) is 0.792. The van der Waals surface area contributed by atoms with Crippen LogP contribution in [0.5, 0.6) is 5.88 Å². The molecule has 1 aromatic carbocycles. The van der Waals surface area contributed by atoms with E-state index in [4.69, 9.17) is 4.74 Å². The van der Waals surface area contributed by atoms with Crippen LogP contribution in [-0.4, -0.2) is 10.9 Å².